The number of halogens is 1. The SMILES string of the molecule is Cc1cc(Br)cc(N2C[C@H](CCS(C)(=O)=O)N(C(=O)OC(C)(C)C)CC2=O)c1. The van der Waals surface area contributed by atoms with Crippen LogP contribution in [0, 0.1) is 6.92 Å². The zero-order chi connectivity index (χ0) is 21.3. The fourth-order valence-corrected chi connectivity index (χ4v) is 4.32. The van der Waals surface area contributed by atoms with Gasteiger partial charge in [-0.1, -0.05) is 15.9 Å². The molecule has 7 nitrogen and oxygen atoms in total. The average Bonchev–Trinajstić information content (AvgIpc) is 2.49. The fraction of sp³-hybridized carbons (Fsp3) is 0.579. The first-order chi connectivity index (χ1) is 12.7. The molecule has 1 fully saturated rings. The van der Waals surface area contributed by atoms with E-state index in [0.717, 1.165) is 16.3 Å². The lowest BCUT2D eigenvalue weighted by molar-refractivity contribution is -0.122. The number of carbonyl (C=O) groups excluding carboxylic acids is 2. The lowest BCUT2D eigenvalue weighted by Gasteiger charge is -2.41. The third-order valence-electron chi connectivity index (χ3n) is 4.23. The monoisotopic (exact) mass is 474 g/mol. The van der Waals surface area contributed by atoms with Crippen LogP contribution in [0.2, 0.25) is 0 Å². The van der Waals surface area contributed by atoms with Crippen LogP contribution in [0.25, 0.3) is 0 Å². The molecule has 1 aromatic carbocycles. The summed E-state index contributed by atoms with van der Waals surface area (Å²) in [5.41, 5.74) is 0.990. The van der Waals surface area contributed by atoms with Gasteiger partial charge in [0.25, 0.3) is 0 Å². The van der Waals surface area contributed by atoms with Gasteiger partial charge in [0.1, 0.15) is 22.0 Å². The summed E-state index contributed by atoms with van der Waals surface area (Å²) in [5.74, 6) is -0.310. The first-order valence-electron chi connectivity index (χ1n) is 9.00. The van der Waals surface area contributed by atoms with E-state index in [1.165, 1.54) is 4.90 Å². The van der Waals surface area contributed by atoms with Crippen molar-refractivity contribution in [2.45, 2.75) is 45.8 Å². The summed E-state index contributed by atoms with van der Waals surface area (Å²) in [6, 6.07) is 5.20. The highest BCUT2D eigenvalue weighted by Crippen LogP contribution is 2.27. The number of carbonyl (C=O) groups is 2. The molecule has 0 N–H and O–H groups in total. The van der Waals surface area contributed by atoms with Gasteiger partial charge in [0, 0.05) is 23.0 Å². The van der Waals surface area contributed by atoms with Crippen LogP contribution in [-0.2, 0) is 19.4 Å². The Morgan fingerprint density at radius 3 is 2.46 bits per heavy atom. The highest BCUT2D eigenvalue weighted by atomic mass is 79.9. The Balaban J connectivity index is 2.30. The van der Waals surface area contributed by atoms with Crippen LogP contribution in [0.4, 0.5) is 10.5 Å². The summed E-state index contributed by atoms with van der Waals surface area (Å²) in [6.07, 6.45) is 0.785. The average molecular weight is 475 g/mol. The van der Waals surface area contributed by atoms with Crippen LogP contribution >= 0.6 is 15.9 Å². The second-order valence-corrected chi connectivity index (χ2v) is 11.3. The Kier molecular flexibility index (Phi) is 6.81. The molecule has 1 saturated heterocycles. The van der Waals surface area contributed by atoms with Crippen LogP contribution in [-0.4, -0.2) is 62.1 Å². The van der Waals surface area contributed by atoms with Crippen LogP contribution in [0.3, 0.4) is 0 Å². The highest BCUT2D eigenvalue weighted by molar-refractivity contribution is 9.10. The van der Waals surface area contributed by atoms with Crippen molar-refractivity contribution in [2.24, 2.45) is 0 Å². The first-order valence-corrected chi connectivity index (χ1v) is 11.9. The summed E-state index contributed by atoms with van der Waals surface area (Å²) >= 11 is 3.44. The van der Waals surface area contributed by atoms with E-state index >= 15 is 0 Å². The third-order valence-corrected chi connectivity index (χ3v) is 5.66. The van der Waals surface area contributed by atoms with Crippen molar-refractivity contribution in [1.82, 2.24) is 4.90 Å². The lowest BCUT2D eigenvalue weighted by Crippen LogP contribution is -2.59. The van der Waals surface area contributed by atoms with Gasteiger partial charge in [-0.3, -0.25) is 9.69 Å². The van der Waals surface area contributed by atoms with Gasteiger partial charge in [-0.15, -0.1) is 0 Å². The number of hydrogen-bond acceptors (Lipinski definition) is 5. The van der Waals surface area contributed by atoms with Gasteiger partial charge >= 0.3 is 6.09 Å². The summed E-state index contributed by atoms with van der Waals surface area (Å²) < 4.78 is 29.6. The van der Waals surface area contributed by atoms with Crippen LogP contribution in [0.5, 0.6) is 0 Å². The Hall–Kier alpha value is -1.61. The Bertz CT molecular complexity index is 843. The molecular formula is C19H27BrN2O5S. The summed E-state index contributed by atoms with van der Waals surface area (Å²) in [5, 5.41) is 0. The molecule has 1 atom stereocenters. The predicted molar refractivity (Wildman–Crippen MR) is 112 cm³/mol. The van der Waals surface area contributed by atoms with E-state index in [9.17, 15) is 18.0 Å². The molecule has 0 aromatic heterocycles. The van der Waals surface area contributed by atoms with Crippen molar-refractivity contribution in [3.8, 4) is 0 Å². The Morgan fingerprint density at radius 2 is 1.93 bits per heavy atom. The van der Waals surface area contributed by atoms with Crippen LogP contribution in [0.15, 0.2) is 22.7 Å². The quantitative estimate of drug-likeness (QED) is 0.668. The number of hydrogen-bond donors (Lipinski definition) is 0. The molecular weight excluding hydrogens is 448 g/mol. The number of piperazine rings is 1. The second kappa shape index (κ2) is 8.41. The largest absolute Gasteiger partial charge is 0.444 e. The van der Waals surface area contributed by atoms with Gasteiger partial charge in [-0.2, -0.15) is 0 Å². The second-order valence-electron chi connectivity index (χ2n) is 8.17. The minimum absolute atomic E-state index is 0.0729. The van der Waals surface area contributed by atoms with Crippen molar-refractivity contribution < 1.29 is 22.7 Å². The van der Waals surface area contributed by atoms with E-state index in [4.69, 9.17) is 4.74 Å². The maximum absolute atomic E-state index is 12.8. The van der Waals surface area contributed by atoms with Gasteiger partial charge in [0.2, 0.25) is 5.91 Å². The zero-order valence-electron chi connectivity index (χ0n) is 16.9. The summed E-state index contributed by atoms with van der Waals surface area (Å²) in [6.45, 7) is 7.23. The van der Waals surface area contributed by atoms with Crippen molar-refractivity contribution in [3.05, 3.63) is 28.2 Å². The van der Waals surface area contributed by atoms with Gasteiger partial charge in [-0.25, -0.2) is 13.2 Å². The number of nitrogens with zero attached hydrogens (tertiary/aromatic N) is 2. The van der Waals surface area contributed by atoms with Gasteiger partial charge < -0.3 is 9.64 Å². The van der Waals surface area contributed by atoms with Crippen molar-refractivity contribution in [2.75, 3.05) is 30.0 Å². The first kappa shape index (κ1) is 22.7. The third kappa shape index (κ3) is 6.48. The molecule has 2 amide bonds. The molecule has 0 spiro atoms. The maximum Gasteiger partial charge on any atom is 0.411 e. The summed E-state index contributed by atoms with van der Waals surface area (Å²) in [4.78, 5) is 28.4. The molecule has 1 aliphatic rings. The van der Waals surface area contributed by atoms with Gasteiger partial charge in [0.05, 0.1) is 11.8 Å². The van der Waals surface area contributed by atoms with Gasteiger partial charge in [0.15, 0.2) is 0 Å². The van der Waals surface area contributed by atoms with Crippen LogP contribution in [0.1, 0.15) is 32.8 Å². The fourth-order valence-electron chi connectivity index (χ4n) is 3.02. The number of aryl methyl sites for hydroxylation is 1. The molecule has 0 bridgehead atoms. The summed E-state index contributed by atoms with van der Waals surface area (Å²) in [7, 11) is -3.21. The molecule has 0 saturated carbocycles. The molecule has 2 rings (SSSR count). The number of benzene rings is 1. The van der Waals surface area contributed by atoms with Crippen molar-refractivity contribution in [3.63, 3.8) is 0 Å². The molecule has 0 radical (unpaired) electrons. The zero-order valence-corrected chi connectivity index (χ0v) is 19.3. The Labute approximate surface area is 175 Å². The lowest BCUT2D eigenvalue weighted by atomic mass is 10.1. The van der Waals surface area contributed by atoms with E-state index in [2.05, 4.69) is 15.9 Å². The van der Waals surface area contributed by atoms with E-state index in [1.807, 2.05) is 25.1 Å². The van der Waals surface area contributed by atoms with E-state index in [1.54, 1.807) is 25.7 Å². The van der Waals surface area contributed by atoms with Crippen molar-refractivity contribution in [1.29, 1.82) is 0 Å². The van der Waals surface area contributed by atoms with Crippen molar-refractivity contribution >= 4 is 43.5 Å². The topological polar surface area (TPSA) is 84.0 Å². The molecule has 1 aromatic rings. The van der Waals surface area contributed by atoms with E-state index in [-0.39, 0.29) is 31.2 Å². The molecule has 9 heteroatoms. The molecule has 156 valence electrons. The van der Waals surface area contributed by atoms with Gasteiger partial charge in [-0.05, 0) is 57.9 Å². The minimum atomic E-state index is -3.21. The van der Waals surface area contributed by atoms with Crippen LogP contribution < -0.4 is 4.90 Å². The predicted octanol–water partition coefficient (Wildman–Crippen LogP) is 3.14. The number of amides is 2. The molecule has 0 aliphatic carbocycles. The smallest absolute Gasteiger partial charge is 0.411 e. The maximum atomic E-state index is 12.8. The number of ether oxygens (including phenoxy) is 1. The number of rotatable bonds is 4. The molecule has 28 heavy (non-hydrogen) atoms. The number of sulfone groups is 1. The highest BCUT2D eigenvalue weighted by Gasteiger charge is 2.38. The molecule has 0 unspecified atom stereocenters. The standard InChI is InChI=1S/C19H27BrN2O5S/c1-13-8-14(20)10-16(9-13)21-11-15(6-7-28(5,25)26)22(12-17(21)23)18(24)27-19(2,3)4/h8-10,15H,6-7,11-12H2,1-5H3/t15-/m0/s1. The Morgan fingerprint density at radius 1 is 1.29 bits per heavy atom. The molecule has 1 aliphatic heterocycles. The normalized spacial score (nSPS) is 18.4. The number of anilines is 1. The van der Waals surface area contributed by atoms with E-state index in [0.29, 0.717) is 5.69 Å². The van der Waals surface area contributed by atoms with E-state index < -0.39 is 27.6 Å². The minimum Gasteiger partial charge on any atom is -0.444 e. The molecule has 1 heterocycles.